The highest BCUT2D eigenvalue weighted by molar-refractivity contribution is 8.01. The number of aliphatic imine (C=N–C) groups is 1. The smallest absolute Gasteiger partial charge is 0.328 e. The molecule has 0 amide bonds. The van der Waals surface area contributed by atoms with Gasteiger partial charge in [-0.25, -0.2) is 0 Å². The molecule has 0 spiro atoms. The fraction of sp³-hybridized carbons (Fsp3) is 0.750. The van der Waals surface area contributed by atoms with E-state index in [0.29, 0.717) is 13.1 Å². The minimum atomic E-state index is -4.08. The SMILES string of the molecule is CN1CCN=C1S(=O)(=O)O. The van der Waals surface area contributed by atoms with E-state index >= 15 is 0 Å². The standard InChI is InChI=1S/C4H8N2O3S/c1-6-3-2-5-4(6)10(7,8)9/h2-3H2,1H3,(H,7,8,9). The van der Waals surface area contributed by atoms with Crippen LogP contribution in [0, 0.1) is 0 Å². The average Bonchev–Trinajstić information content (AvgIpc) is 2.11. The van der Waals surface area contributed by atoms with E-state index in [1.807, 2.05) is 0 Å². The molecule has 0 aromatic heterocycles. The number of hydrogen-bond acceptors (Lipinski definition) is 4. The molecule has 1 rings (SSSR count). The molecule has 0 fully saturated rings. The third-order valence-corrected chi connectivity index (χ3v) is 2.14. The second-order valence-electron chi connectivity index (χ2n) is 2.06. The highest BCUT2D eigenvalue weighted by atomic mass is 32.2. The van der Waals surface area contributed by atoms with Crippen LogP contribution >= 0.6 is 0 Å². The molecule has 10 heavy (non-hydrogen) atoms. The van der Waals surface area contributed by atoms with Crippen LogP contribution in [-0.2, 0) is 10.1 Å². The van der Waals surface area contributed by atoms with Crippen LogP contribution in [0.2, 0.25) is 0 Å². The van der Waals surface area contributed by atoms with Gasteiger partial charge in [-0.1, -0.05) is 0 Å². The Hall–Kier alpha value is -0.620. The number of amidine groups is 1. The van der Waals surface area contributed by atoms with Crippen molar-refractivity contribution in [3.05, 3.63) is 0 Å². The molecule has 58 valence electrons. The zero-order valence-corrected chi connectivity index (χ0v) is 6.30. The van der Waals surface area contributed by atoms with Gasteiger partial charge in [0.25, 0.3) is 0 Å². The van der Waals surface area contributed by atoms with E-state index in [2.05, 4.69) is 4.99 Å². The van der Waals surface area contributed by atoms with Gasteiger partial charge in [-0.05, 0) is 0 Å². The van der Waals surface area contributed by atoms with E-state index in [1.165, 1.54) is 4.90 Å². The van der Waals surface area contributed by atoms with Crippen LogP contribution in [-0.4, -0.2) is 43.2 Å². The van der Waals surface area contributed by atoms with Crippen molar-refractivity contribution < 1.29 is 13.0 Å². The summed E-state index contributed by atoms with van der Waals surface area (Å²) in [7, 11) is -2.51. The molecule has 0 saturated heterocycles. The van der Waals surface area contributed by atoms with Crippen molar-refractivity contribution >= 4 is 15.3 Å². The molecule has 1 aliphatic heterocycles. The summed E-state index contributed by atoms with van der Waals surface area (Å²) in [4.78, 5) is 4.99. The number of nitrogens with zero attached hydrogens (tertiary/aromatic N) is 2. The summed E-state index contributed by atoms with van der Waals surface area (Å²) in [5.74, 6) is 0. The Labute approximate surface area is 59.1 Å². The highest BCUT2D eigenvalue weighted by Gasteiger charge is 2.23. The largest absolute Gasteiger partial charge is 0.347 e. The molecule has 0 aromatic rings. The first-order chi connectivity index (χ1) is 4.52. The van der Waals surface area contributed by atoms with Crippen LogP contribution < -0.4 is 0 Å². The van der Waals surface area contributed by atoms with E-state index in [0.717, 1.165) is 0 Å². The van der Waals surface area contributed by atoms with E-state index < -0.39 is 10.1 Å². The van der Waals surface area contributed by atoms with Gasteiger partial charge >= 0.3 is 10.1 Å². The van der Waals surface area contributed by atoms with Gasteiger partial charge in [0.2, 0.25) is 5.17 Å². The maximum atomic E-state index is 10.4. The predicted molar refractivity (Wildman–Crippen MR) is 36.5 cm³/mol. The topological polar surface area (TPSA) is 70.0 Å². The highest BCUT2D eigenvalue weighted by Crippen LogP contribution is 2.02. The predicted octanol–water partition coefficient (Wildman–Crippen LogP) is -0.824. The molecule has 0 saturated carbocycles. The average molecular weight is 164 g/mol. The summed E-state index contributed by atoms with van der Waals surface area (Å²) in [5, 5.41) is -0.229. The Morgan fingerprint density at radius 1 is 1.70 bits per heavy atom. The normalized spacial score (nSPS) is 19.4. The van der Waals surface area contributed by atoms with E-state index in [1.54, 1.807) is 7.05 Å². The van der Waals surface area contributed by atoms with Gasteiger partial charge < -0.3 is 4.90 Å². The number of hydrogen-bond donors (Lipinski definition) is 1. The molecular weight excluding hydrogens is 156 g/mol. The van der Waals surface area contributed by atoms with Crippen LogP contribution in [0.4, 0.5) is 0 Å². The second kappa shape index (κ2) is 2.21. The summed E-state index contributed by atoms with van der Waals surface area (Å²) in [6, 6.07) is 0. The van der Waals surface area contributed by atoms with E-state index in [9.17, 15) is 8.42 Å². The minimum Gasteiger partial charge on any atom is -0.347 e. The first-order valence-corrected chi connectivity index (χ1v) is 4.19. The summed E-state index contributed by atoms with van der Waals surface area (Å²) in [6.07, 6.45) is 0. The molecule has 0 radical (unpaired) electrons. The molecule has 1 N–H and O–H groups in total. The first-order valence-electron chi connectivity index (χ1n) is 2.75. The Morgan fingerprint density at radius 3 is 2.50 bits per heavy atom. The third kappa shape index (κ3) is 1.27. The van der Waals surface area contributed by atoms with Crippen molar-refractivity contribution in [2.45, 2.75) is 0 Å². The van der Waals surface area contributed by atoms with Crippen molar-refractivity contribution in [2.24, 2.45) is 4.99 Å². The van der Waals surface area contributed by atoms with Gasteiger partial charge in [0.15, 0.2) is 0 Å². The minimum absolute atomic E-state index is 0.229. The van der Waals surface area contributed by atoms with Crippen molar-refractivity contribution in [3.63, 3.8) is 0 Å². The molecule has 0 aromatic carbocycles. The molecule has 5 nitrogen and oxygen atoms in total. The zero-order valence-electron chi connectivity index (χ0n) is 5.48. The Morgan fingerprint density at radius 2 is 2.30 bits per heavy atom. The lowest BCUT2D eigenvalue weighted by atomic mass is 10.6. The van der Waals surface area contributed by atoms with Gasteiger partial charge in [-0.15, -0.1) is 0 Å². The van der Waals surface area contributed by atoms with E-state index in [-0.39, 0.29) is 5.17 Å². The molecular formula is C4H8N2O3S. The summed E-state index contributed by atoms with van der Waals surface area (Å²) in [6.45, 7) is 0.987. The quantitative estimate of drug-likeness (QED) is 0.475. The summed E-state index contributed by atoms with van der Waals surface area (Å²) < 4.78 is 29.3. The van der Waals surface area contributed by atoms with Crippen molar-refractivity contribution in [1.82, 2.24) is 4.90 Å². The maximum absolute atomic E-state index is 10.4. The van der Waals surface area contributed by atoms with Crippen LogP contribution in [0.5, 0.6) is 0 Å². The first kappa shape index (κ1) is 7.49. The van der Waals surface area contributed by atoms with E-state index in [4.69, 9.17) is 4.55 Å². The fourth-order valence-electron chi connectivity index (χ4n) is 0.791. The Kier molecular flexibility index (Phi) is 1.65. The molecule has 1 aliphatic rings. The lowest BCUT2D eigenvalue weighted by Gasteiger charge is -2.09. The van der Waals surface area contributed by atoms with Gasteiger partial charge in [0.05, 0.1) is 6.54 Å². The van der Waals surface area contributed by atoms with Crippen LogP contribution in [0.15, 0.2) is 4.99 Å². The van der Waals surface area contributed by atoms with Gasteiger partial charge in [-0.3, -0.25) is 9.55 Å². The van der Waals surface area contributed by atoms with Gasteiger partial charge in [0.1, 0.15) is 0 Å². The lowest BCUT2D eigenvalue weighted by Crippen LogP contribution is -2.29. The molecule has 0 unspecified atom stereocenters. The monoisotopic (exact) mass is 164 g/mol. The molecule has 1 heterocycles. The van der Waals surface area contributed by atoms with Gasteiger partial charge in [0, 0.05) is 13.6 Å². The van der Waals surface area contributed by atoms with Crippen LogP contribution in [0.1, 0.15) is 0 Å². The lowest BCUT2D eigenvalue weighted by molar-refractivity contribution is 0.485. The Bertz CT molecular complexity index is 256. The molecule has 0 bridgehead atoms. The summed E-state index contributed by atoms with van der Waals surface area (Å²) >= 11 is 0. The molecule has 6 heteroatoms. The Balaban J connectivity index is 2.94. The third-order valence-electron chi connectivity index (χ3n) is 1.24. The summed E-state index contributed by atoms with van der Waals surface area (Å²) in [5.41, 5.74) is 0. The zero-order chi connectivity index (χ0) is 7.78. The molecule has 0 aliphatic carbocycles. The number of rotatable bonds is 0. The molecule has 0 atom stereocenters. The van der Waals surface area contributed by atoms with Crippen LogP contribution in [0.3, 0.4) is 0 Å². The maximum Gasteiger partial charge on any atom is 0.328 e. The van der Waals surface area contributed by atoms with Crippen LogP contribution in [0.25, 0.3) is 0 Å². The van der Waals surface area contributed by atoms with Crippen molar-refractivity contribution in [2.75, 3.05) is 20.1 Å². The van der Waals surface area contributed by atoms with Crippen molar-refractivity contribution in [3.8, 4) is 0 Å². The van der Waals surface area contributed by atoms with Crippen molar-refractivity contribution in [1.29, 1.82) is 0 Å². The van der Waals surface area contributed by atoms with Gasteiger partial charge in [-0.2, -0.15) is 8.42 Å². The fourth-order valence-corrected chi connectivity index (χ4v) is 1.53. The number of likely N-dealkylation sites (N-methyl/N-ethyl adjacent to an activating group) is 1. The second-order valence-corrected chi connectivity index (χ2v) is 3.38.